The van der Waals surface area contributed by atoms with Gasteiger partial charge in [0.2, 0.25) is 0 Å². The number of para-hydroxylation sites is 1. The molecule has 2 heteroatoms. The van der Waals surface area contributed by atoms with Crippen molar-refractivity contribution in [3.05, 3.63) is 94.0 Å². The van der Waals surface area contributed by atoms with Crippen molar-refractivity contribution in [1.82, 2.24) is 0 Å². The van der Waals surface area contributed by atoms with E-state index in [0.717, 1.165) is 12.1 Å². The summed E-state index contributed by atoms with van der Waals surface area (Å²) in [5.41, 5.74) is 10.8. The zero-order valence-corrected chi connectivity index (χ0v) is 18.2. The molecule has 5 rings (SSSR count). The lowest BCUT2D eigenvalue weighted by atomic mass is 9.86. The summed E-state index contributed by atoms with van der Waals surface area (Å²) in [4.78, 5) is 6.62. The van der Waals surface area contributed by atoms with E-state index in [4.69, 9.17) is 4.99 Å². The summed E-state index contributed by atoms with van der Waals surface area (Å²) in [6.45, 7) is 6.62. The van der Waals surface area contributed by atoms with Gasteiger partial charge in [-0.05, 0) is 86.1 Å². The molecule has 0 radical (unpaired) electrons. The molecular formula is C27H27NS. The van der Waals surface area contributed by atoms with Gasteiger partial charge in [0.15, 0.2) is 0 Å². The van der Waals surface area contributed by atoms with Crippen LogP contribution in [0.5, 0.6) is 0 Å². The first-order valence-electron chi connectivity index (χ1n) is 10.6. The number of benzene rings is 3. The summed E-state index contributed by atoms with van der Waals surface area (Å²) in [5, 5.41) is 0.394. The number of hydrogen-bond donors (Lipinski definition) is 0. The van der Waals surface area contributed by atoms with Crippen molar-refractivity contribution >= 4 is 23.2 Å². The second-order valence-corrected chi connectivity index (χ2v) is 9.69. The minimum Gasteiger partial charge on any atom is -0.251 e. The van der Waals surface area contributed by atoms with Crippen LogP contribution in [0, 0.1) is 26.7 Å². The molecule has 146 valence electrons. The van der Waals surface area contributed by atoms with E-state index in [1.807, 2.05) is 11.8 Å². The van der Waals surface area contributed by atoms with Gasteiger partial charge in [0.25, 0.3) is 0 Å². The van der Waals surface area contributed by atoms with Crippen LogP contribution in [0.25, 0.3) is 0 Å². The maximum absolute atomic E-state index is 5.32. The van der Waals surface area contributed by atoms with Gasteiger partial charge in [-0.1, -0.05) is 48.0 Å². The van der Waals surface area contributed by atoms with Gasteiger partial charge in [-0.15, -0.1) is 11.8 Å². The van der Waals surface area contributed by atoms with Gasteiger partial charge in [0.05, 0.1) is 11.4 Å². The predicted molar refractivity (Wildman–Crippen MR) is 125 cm³/mol. The molecule has 2 unspecified atom stereocenters. The molecule has 29 heavy (non-hydrogen) atoms. The van der Waals surface area contributed by atoms with Crippen LogP contribution in [-0.4, -0.2) is 5.71 Å². The van der Waals surface area contributed by atoms with Crippen LogP contribution in [0.15, 0.2) is 70.6 Å². The normalized spacial score (nSPS) is 20.6. The van der Waals surface area contributed by atoms with E-state index in [9.17, 15) is 0 Å². The zero-order valence-electron chi connectivity index (χ0n) is 17.4. The second kappa shape index (κ2) is 7.50. The highest BCUT2D eigenvalue weighted by atomic mass is 32.2. The molecule has 0 spiro atoms. The molecule has 3 aromatic rings. The summed E-state index contributed by atoms with van der Waals surface area (Å²) in [7, 11) is 0. The van der Waals surface area contributed by atoms with Crippen LogP contribution in [0.1, 0.15) is 51.5 Å². The molecule has 2 atom stereocenters. The van der Waals surface area contributed by atoms with Crippen molar-refractivity contribution in [2.24, 2.45) is 10.9 Å². The smallest absolute Gasteiger partial charge is 0.0769 e. The molecule has 1 heterocycles. The third-order valence-electron chi connectivity index (χ3n) is 6.44. The first kappa shape index (κ1) is 18.7. The average molecular weight is 398 g/mol. The van der Waals surface area contributed by atoms with Crippen LogP contribution >= 0.6 is 11.8 Å². The van der Waals surface area contributed by atoms with Crippen LogP contribution < -0.4 is 0 Å². The highest BCUT2D eigenvalue weighted by Gasteiger charge is 2.34. The van der Waals surface area contributed by atoms with Crippen molar-refractivity contribution in [2.75, 3.05) is 0 Å². The Morgan fingerprint density at radius 2 is 1.66 bits per heavy atom. The molecule has 1 nitrogen and oxygen atoms in total. The summed E-state index contributed by atoms with van der Waals surface area (Å²) in [5.74, 6) is 0.429. The lowest BCUT2D eigenvalue weighted by Crippen LogP contribution is -2.20. The molecule has 0 saturated carbocycles. The van der Waals surface area contributed by atoms with Crippen molar-refractivity contribution in [2.45, 2.75) is 50.2 Å². The van der Waals surface area contributed by atoms with Gasteiger partial charge < -0.3 is 0 Å². The molecule has 2 aliphatic rings. The third-order valence-corrected chi connectivity index (χ3v) is 7.89. The number of aryl methyl sites for hydroxylation is 4. The summed E-state index contributed by atoms with van der Waals surface area (Å²) in [6, 6.07) is 22.6. The molecular weight excluding hydrogens is 370 g/mol. The highest BCUT2D eigenvalue weighted by molar-refractivity contribution is 7.99. The van der Waals surface area contributed by atoms with Gasteiger partial charge >= 0.3 is 0 Å². The number of thioether (sulfide) groups is 1. The first-order valence-corrected chi connectivity index (χ1v) is 11.5. The van der Waals surface area contributed by atoms with Gasteiger partial charge in [-0.25, -0.2) is 0 Å². The zero-order chi connectivity index (χ0) is 20.0. The Morgan fingerprint density at radius 1 is 0.897 bits per heavy atom. The highest BCUT2D eigenvalue weighted by Crippen LogP contribution is 2.50. The summed E-state index contributed by atoms with van der Waals surface area (Å²) < 4.78 is 0. The van der Waals surface area contributed by atoms with Crippen LogP contribution in [0.4, 0.5) is 5.69 Å². The number of aliphatic imine (C=N–C) groups is 1. The van der Waals surface area contributed by atoms with E-state index < -0.39 is 0 Å². The summed E-state index contributed by atoms with van der Waals surface area (Å²) >= 11 is 2.00. The Balaban J connectivity index is 1.73. The van der Waals surface area contributed by atoms with Crippen molar-refractivity contribution in [3.63, 3.8) is 0 Å². The molecule has 0 amide bonds. The van der Waals surface area contributed by atoms with Crippen LogP contribution in [0.3, 0.4) is 0 Å². The number of hydrogen-bond acceptors (Lipinski definition) is 2. The average Bonchev–Trinajstić information content (AvgIpc) is 2.98. The molecule has 3 aromatic carbocycles. The van der Waals surface area contributed by atoms with Gasteiger partial charge in [0.1, 0.15) is 0 Å². The third kappa shape index (κ3) is 3.44. The Hall–Kier alpha value is -2.32. The fourth-order valence-corrected chi connectivity index (χ4v) is 6.05. The van der Waals surface area contributed by atoms with Crippen molar-refractivity contribution in [3.8, 4) is 0 Å². The molecule has 0 N–H and O–H groups in total. The Labute approximate surface area is 178 Å². The number of nitrogens with zero attached hydrogens (tertiary/aromatic N) is 1. The van der Waals surface area contributed by atoms with Crippen molar-refractivity contribution in [1.29, 1.82) is 0 Å². The van der Waals surface area contributed by atoms with Gasteiger partial charge in [0, 0.05) is 16.1 Å². The fraction of sp³-hybridized carbons (Fsp3) is 0.296. The maximum atomic E-state index is 5.32. The van der Waals surface area contributed by atoms with Crippen molar-refractivity contribution < 1.29 is 0 Å². The van der Waals surface area contributed by atoms with Crippen LogP contribution in [-0.2, 0) is 6.42 Å². The van der Waals surface area contributed by atoms with E-state index in [1.54, 1.807) is 0 Å². The summed E-state index contributed by atoms with van der Waals surface area (Å²) in [6.07, 6.45) is 3.56. The van der Waals surface area contributed by atoms with E-state index >= 15 is 0 Å². The molecule has 0 saturated heterocycles. The van der Waals surface area contributed by atoms with E-state index in [2.05, 4.69) is 81.4 Å². The first-order chi connectivity index (χ1) is 14.1. The van der Waals surface area contributed by atoms with Crippen LogP contribution in [0.2, 0.25) is 0 Å². The molecule has 1 aliphatic heterocycles. The Morgan fingerprint density at radius 3 is 2.48 bits per heavy atom. The monoisotopic (exact) mass is 397 g/mol. The lowest BCUT2D eigenvalue weighted by molar-refractivity contribution is 0.589. The number of fused-ring (bicyclic) bond motifs is 4. The van der Waals surface area contributed by atoms with Gasteiger partial charge in [-0.3, -0.25) is 4.99 Å². The molecule has 0 aromatic heterocycles. The molecule has 1 aliphatic carbocycles. The quantitative estimate of drug-likeness (QED) is 0.413. The topological polar surface area (TPSA) is 12.4 Å². The largest absolute Gasteiger partial charge is 0.251 e. The fourth-order valence-electron chi connectivity index (χ4n) is 4.66. The van der Waals surface area contributed by atoms with E-state index in [-0.39, 0.29) is 0 Å². The van der Waals surface area contributed by atoms with E-state index in [1.165, 1.54) is 56.8 Å². The predicted octanol–water partition coefficient (Wildman–Crippen LogP) is 7.53. The molecule has 0 bridgehead atoms. The maximum Gasteiger partial charge on any atom is 0.0769 e. The number of rotatable bonds is 1. The minimum absolute atomic E-state index is 0.394. The van der Waals surface area contributed by atoms with Gasteiger partial charge in [-0.2, -0.15) is 0 Å². The second-order valence-electron chi connectivity index (χ2n) is 8.51. The standard InChI is InChI=1S/C27H27NS/c1-17-11-13-20(14-12-17)27-22-8-6-7-21-15-18(2)19(3)16-23(21)26(22)28-24-9-4-5-10-25(24)29-27/h4-5,9-16,22,27H,6-8H2,1-3H3. The SMILES string of the molecule is Cc1ccc(C2Sc3ccccc3N=C3c4cc(C)c(C)cc4CCCC32)cc1. The Kier molecular flexibility index (Phi) is 4.83. The molecule has 0 fully saturated rings. The van der Waals surface area contributed by atoms with E-state index in [0.29, 0.717) is 11.2 Å². The Bertz CT molecular complexity index is 1090. The lowest BCUT2D eigenvalue weighted by Gasteiger charge is -2.26. The minimum atomic E-state index is 0.394.